The average Bonchev–Trinajstić information content (AvgIpc) is 3.17. The number of hydrogen-bond donors (Lipinski definition) is 0. The van der Waals surface area contributed by atoms with Crippen LogP contribution in [0.2, 0.25) is 0 Å². The van der Waals surface area contributed by atoms with E-state index in [1.165, 1.54) is 88.0 Å². The Morgan fingerprint density at radius 3 is 1.31 bits per heavy atom. The highest BCUT2D eigenvalue weighted by atomic mass is 14.2. The molecule has 0 nitrogen and oxygen atoms in total. The summed E-state index contributed by atoms with van der Waals surface area (Å²) in [5.74, 6) is 0. The lowest BCUT2D eigenvalue weighted by atomic mass is 9.83. The van der Waals surface area contributed by atoms with Gasteiger partial charge in [0.1, 0.15) is 0 Å². The number of hydrogen-bond acceptors (Lipinski definition) is 0. The van der Waals surface area contributed by atoms with Crippen molar-refractivity contribution in [2.45, 2.75) is 0 Å². The van der Waals surface area contributed by atoms with Crippen LogP contribution >= 0.6 is 0 Å². The summed E-state index contributed by atoms with van der Waals surface area (Å²) in [5.41, 5.74) is 12.3. The van der Waals surface area contributed by atoms with E-state index in [1.54, 1.807) is 0 Å². The molecule has 48 heavy (non-hydrogen) atoms. The molecule has 0 atom stereocenters. The zero-order valence-electron chi connectivity index (χ0n) is 26.5. The van der Waals surface area contributed by atoms with Crippen molar-refractivity contribution >= 4 is 32.3 Å². The molecule has 9 aromatic rings. The average molecular weight is 609 g/mol. The van der Waals surface area contributed by atoms with Crippen LogP contribution in [0.1, 0.15) is 0 Å². The molecule has 0 aromatic heterocycles. The molecule has 0 bridgehead atoms. The second-order valence-electron chi connectivity index (χ2n) is 12.5. The predicted molar refractivity (Wildman–Crippen MR) is 206 cm³/mol. The summed E-state index contributed by atoms with van der Waals surface area (Å²) in [5, 5.41) is 7.52. The van der Waals surface area contributed by atoms with Crippen LogP contribution in [0.5, 0.6) is 0 Å². The standard InChI is InChI=1S/C48H32/c1-3-15-33(16-4-1)38-30-39(37-28-27-34-17-7-8-20-36(34)29-37)32-40(31-38)47-43-23-11-13-25-45(43)48(46-26-14-12-24-44(46)47)42-22-10-9-21-41(42)35-18-5-2-6-19-35/h1-32H. The summed E-state index contributed by atoms with van der Waals surface area (Å²) in [6.45, 7) is 0. The molecule has 0 unspecified atom stereocenters. The minimum Gasteiger partial charge on any atom is -0.0622 e. The van der Waals surface area contributed by atoms with Gasteiger partial charge in [-0.15, -0.1) is 0 Å². The third-order valence-corrected chi connectivity index (χ3v) is 9.62. The molecule has 0 heterocycles. The maximum Gasteiger partial charge on any atom is -0.00201 e. The topological polar surface area (TPSA) is 0 Å². The fraction of sp³-hybridized carbons (Fsp3) is 0. The Hall–Kier alpha value is -6.24. The van der Waals surface area contributed by atoms with Crippen molar-refractivity contribution in [3.05, 3.63) is 194 Å². The van der Waals surface area contributed by atoms with Crippen LogP contribution < -0.4 is 0 Å². The van der Waals surface area contributed by atoms with Gasteiger partial charge >= 0.3 is 0 Å². The normalized spacial score (nSPS) is 11.3. The molecule has 0 saturated heterocycles. The van der Waals surface area contributed by atoms with Crippen molar-refractivity contribution < 1.29 is 0 Å². The molecule has 0 aliphatic carbocycles. The van der Waals surface area contributed by atoms with Crippen LogP contribution in [0, 0.1) is 0 Å². The Balaban J connectivity index is 1.36. The number of fused-ring (bicyclic) bond motifs is 3. The molecule has 0 heteroatoms. The van der Waals surface area contributed by atoms with Gasteiger partial charge in [-0.2, -0.15) is 0 Å². The van der Waals surface area contributed by atoms with Gasteiger partial charge in [0.05, 0.1) is 0 Å². The lowest BCUT2D eigenvalue weighted by Crippen LogP contribution is -1.93. The Morgan fingerprint density at radius 2 is 0.667 bits per heavy atom. The zero-order chi connectivity index (χ0) is 31.9. The third kappa shape index (κ3) is 4.87. The van der Waals surface area contributed by atoms with Crippen LogP contribution in [0.4, 0.5) is 0 Å². The molecule has 9 aromatic carbocycles. The lowest BCUT2D eigenvalue weighted by molar-refractivity contribution is 1.59. The summed E-state index contributed by atoms with van der Waals surface area (Å²) in [7, 11) is 0. The molecule has 0 aliphatic rings. The van der Waals surface area contributed by atoms with Crippen molar-refractivity contribution in [3.8, 4) is 55.6 Å². The van der Waals surface area contributed by atoms with Crippen LogP contribution in [0.3, 0.4) is 0 Å². The van der Waals surface area contributed by atoms with Gasteiger partial charge in [0.2, 0.25) is 0 Å². The van der Waals surface area contributed by atoms with E-state index in [2.05, 4.69) is 194 Å². The Kier molecular flexibility index (Phi) is 6.91. The first-order chi connectivity index (χ1) is 23.8. The summed E-state index contributed by atoms with van der Waals surface area (Å²) in [6.07, 6.45) is 0. The highest BCUT2D eigenvalue weighted by Gasteiger charge is 2.19. The van der Waals surface area contributed by atoms with E-state index in [0.717, 1.165) is 0 Å². The first kappa shape index (κ1) is 28.0. The molecule has 0 radical (unpaired) electrons. The van der Waals surface area contributed by atoms with Crippen molar-refractivity contribution in [1.29, 1.82) is 0 Å². The first-order valence-electron chi connectivity index (χ1n) is 16.6. The number of benzene rings is 9. The van der Waals surface area contributed by atoms with Crippen molar-refractivity contribution in [3.63, 3.8) is 0 Å². The molecular formula is C48H32. The summed E-state index contributed by atoms with van der Waals surface area (Å²) in [6, 6.07) is 70.8. The molecular weight excluding hydrogens is 577 g/mol. The minimum atomic E-state index is 1.21. The smallest absolute Gasteiger partial charge is 0.00201 e. The Bertz CT molecular complexity index is 2540. The van der Waals surface area contributed by atoms with Gasteiger partial charge in [-0.05, 0) is 112 Å². The van der Waals surface area contributed by atoms with E-state index < -0.39 is 0 Å². The fourth-order valence-corrected chi connectivity index (χ4v) is 7.40. The molecule has 0 amide bonds. The van der Waals surface area contributed by atoms with Crippen LogP contribution in [0.15, 0.2) is 194 Å². The zero-order valence-corrected chi connectivity index (χ0v) is 26.5. The quantitative estimate of drug-likeness (QED) is 0.171. The molecule has 224 valence electrons. The van der Waals surface area contributed by atoms with Crippen LogP contribution in [0.25, 0.3) is 88.0 Å². The second kappa shape index (κ2) is 11.8. The van der Waals surface area contributed by atoms with Crippen molar-refractivity contribution in [2.75, 3.05) is 0 Å². The van der Waals surface area contributed by atoms with Crippen LogP contribution in [-0.2, 0) is 0 Å². The first-order valence-corrected chi connectivity index (χ1v) is 16.6. The lowest BCUT2D eigenvalue weighted by Gasteiger charge is -2.20. The van der Waals surface area contributed by atoms with Gasteiger partial charge in [-0.3, -0.25) is 0 Å². The van der Waals surface area contributed by atoms with E-state index in [1.807, 2.05) is 0 Å². The maximum absolute atomic E-state index is 2.39. The van der Waals surface area contributed by atoms with Gasteiger partial charge in [0, 0.05) is 0 Å². The monoisotopic (exact) mass is 608 g/mol. The van der Waals surface area contributed by atoms with Gasteiger partial charge in [-0.25, -0.2) is 0 Å². The molecule has 0 saturated carbocycles. The summed E-state index contributed by atoms with van der Waals surface area (Å²) in [4.78, 5) is 0. The molecule has 0 aliphatic heterocycles. The Morgan fingerprint density at radius 1 is 0.208 bits per heavy atom. The SMILES string of the molecule is c1ccc(-c2cc(-c3ccc4ccccc4c3)cc(-c3c4ccccc4c(-c4ccccc4-c4ccccc4)c4ccccc34)c2)cc1. The minimum absolute atomic E-state index is 1.21. The van der Waals surface area contributed by atoms with Crippen molar-refractivity contribution in [1.82, 2.24) is 0 Å². The third-order valence-electron chi connectivity index (χ3n) is 9.62. The highest BCUT2D eigenvalue weighted by molar-refractivity contribution is 6.22. The molecule has 0 fully saturated rings. The van der Waals surface area contributed by atoms with Crippen molar-refractivity contribution in [2.24, 2.45) is 0 Å². The highest BCUT2D eigenvalue weighted by Crippen LogP contribution is 2.47. The molecule has 0 spiro atoms. The maximum atomic E-state index is 2.39. The predicted octanol–water partition coefficient (Wildman–Crippen LogP) is 13.5. The number of rotatable bonds is 5. The van der Waals surface area contributed by atoms with Gasteiger partial charge in [-0.1, -0.05) is 170 Å². The molecule has 9 rings (SSSR count). The summed E-state index contributed by atoms with van der Waals surface area (Å²) >= 11 is 0. The van der Waals surface area contributed by atoms with E-state index in [9.17, 15) is 0 Å². The van der Waals surface area contributed by atoms with Crippen LogP contribution in [-0.4, -0.2) is 0 Å². The van der Waals surface area contributed by atoms with Gasteiger partial charge in [0.15, 0.2) is 0 Å². The van der Waals surface area contributed by atoms with Gasteiger partial charge in [0.25, 0.3) is 0 Å². The summed E-state index contributed by atoms with van der Waals surface area (Å²) < 4.78 is 0. The van der Waals surface area contributed by atoms with E-state index >= 15 is 0 Å². The second-order valence-corrected chi connectivity index (χ2v) is 12.5. The molecule has 0 N–H and O–H groups in total. The fourth-order valence-electron chi connectivity index (χ4n) is 7.40. The van der Waals surface area contributed by atoms with Gasteiger partial charge < -0.3 is 0 Å². The van der Waals surface area contributed by atoms with E-state index in [4.69, 9.17) is 0 Å². The Labute approximate surface area is 281 Å². The van der Waals surface area contributed by atoms with E-state index in [-0.39, 0.29) is 0 Å². The largest absolute Gasteiger partial charge is 0.0622 e. The van der Waals surface area contributed by atoms with E-state index in [0.29, 0.717) is 0 Å².